The number of aliphatic carboxylic acids is 1. The molecule has 2 amide bonds. The molecule has 0 bridgehead atoms. The van der Waals surface area contributed by atoms with Crippen LogP contribution in [0.5, 0.6) is 0 Å². The number of hydrogen-bond acceptors (Lipinski definition) is 5. The number of aromatic nitrogens is 2. The number of amides is 2. The molecule has 1 aliphatic carbocycles. The summed E-state index contributed by atoms with van der Waals surface area (Å²) in [5.41, 5.74) is 0.796. The quantitative estimate of drug-likeness (QED) is 0.644. The van der Waals surface area contributed by atoms with E-state index in [0.29, 0.717) is 5.91 Å². The molecule has 1 N–H and O–H groups in total. The van der Waals surface area contributed by atoms with E-state index < -0.39 is 12.1 Å². The maximum Gasteiger partial charge on any atom is 0.490 e. The number of hydrogen-bond donors (Lipinski definition) is 1. The van der Waals surface area contributed by atoms with Crippen molar-refractivity contribution in [2.24, 2.45) is 24.3 Å². The summed E-state index contributed by atoms with van der Waals surface area (Å²) in [5.74, 6) is -1.79. The van der Waals surface area contributed by atoms with Gasteiger partial charge in [-0.3, -0.25) is 19.2 Å². The van der Waals surface area contributed by atoms with Crippen molar-refractivity contribution >= 4 is 17.8 Å². The summed E-state index contributed by atoms with van der Waals surface area (Å²) in [4.78, 5) is 41.9. The molecule has 3 aliphatic rings. The zero-order valence-corrected chi connectivity index (χ0v) is 21.8. The minimum atomic E-state index is -5.08. The van der Waals surface area contributed by atoms with Crippen molar-refractivity contribution in [1.29, 1.82) is 0 Å². The van der Waals surface area contributed by atoms with Crippen molar-refractivity contribution < 1.29 is 32.7 Å². The van der Waals surface area contributed by atoms with Crippen molar-refractivity contribution in [2.75, 3.05) is 40.3 Å². The lowest BCUT2D eigenvalue weighted by atomic mass is 9.74. The van der Waals surface area contributed by atoms with Crippen molar-refractivity contribution in [1.82, 2.24) is 24.5 Å². The van der Waals surface area contributed by atoms with E-state index >= 15 is 0 Å². The maximum atomic E-state index is 13.4. The summed E-state index contributed by atoms with van der Waals surface area (Å²) in [6, 6.07) is 0. The molecule has 37 heavy (non-hydrogen) atoms. The predicted octanol–water partition coefficient (Wildman–Crippen LogP) is 2.76. The second-order valence-electron chi connectivity index (χ2n) is 10.8. The molecule has 2 aliphatic heterocycles. The lowest BCUT2D eigenvalue weighted by molar-refractivity contribution is -0.192. The molecular weight excluding hydrogens is 491 g/mol. The molecule has 208 valence electrons. The molecule has 3 fully saturated rings. The van der Waals surface area contributed by atoms with Crippen LogP contribution in [0, 0.1) is 17.3 Å². The van der Waals surface area contributed by atoms with Crippen LogP contribution in [0.2, 0.25) is 0 Å². The molecule has 0 spiro atoms. The van der Waals surface area contributed by atoms with Crippen LogP contribution in [-0.2, 0) is 28.0 Å². The zero-order chi connectivity index (χ0) is 27.4. The van der Waals surface area contributed by atoms with Crippen LogP contribution >= 0.6 is 0 Å². The summed E-state index contributed by atoms with van der Waals surface area (Å²) in [7, 11) is 5.67. The van der Waals surface area contributed by atoms with Crippen LogP contribution in [0.3, 0.4) is 0 Å². The molecule has 4 rings (SSSR count). The van der Waals surface area contributed by atoms with Gasteiger partial charge in [0.05, 0.1) is 11.6 Å². The Hall–Kier alpha value is -2.63. The van der Waals surface area contributed by atoms with Gasteiger partial charge >= 0.3 is 12.1 Å². The second kappa shape index (κ2) is 11.8. The van der Waals surface area contributed by atoms with Crippen molar-refractivity contribution in [3.05, 3.63) is 18.0 Å². The highest BCUT2D eigenvalue weighted by atomic mass is 19.4. The first-order chi connectivity index (χ1) is 17.3. The molecular formula is C25H38F3N5O4. The summed E-state index contributed by atoms with van der Waals surface area (Å²) in [6.45, 7) is 3.97. The Balaban J connectivity index is 0.000000479. The smallest absolute Gasteiger partial charge is 0.475 e. The van der Waals surface area contributed by atoms with E-state index in [-0.39, 0.29) is 23.2 Å². The number of aryl methyl sites for hydroxylation is 1. The monoisotopic (exact) mass is 529 g/mol. The third kappa shape index (κ3) is 7.03. The summed E-state index contributed by atoms with van der Waals surface area (Å²) >= 11 is 0. The van der Waals surface area contributed by atoms with Gasteiger partial charge in [0.25, 0.3) is 0 Å². The maximum absolute atomic E-state index is 13.4. The summed E-state index contributed by atoms with van der Waals surface area (Å²) in [6.07, 6.45) is 6.34. The number of likely N-dealkylation sites (tertiary alicyclic amines) is 2. The SMILES string of the molecule is CN(C)C(=O)[C@]12CCCN(C(=O)C3CCCCC3)C[C@H]1CN(Cc1cnn(C)c1)C2.O=C(O)C(F)(F)F. The standard InChI is InChI=1S/C23H37N5O2.C2HF3O2/c1-25(2)22(30)23-10-7-11-28(21(29)19-8-5-4-6-9-19)16-20(23)15-27(17-23)14-18-12-24-26(3)13-18;3-2(4,5)1(6)7/h12-13,19-20H,4-11,14-17H2,1-3H3;(H,6,7)/t20-,23+;/m1./s1. The van der Waals surface area contributed by atoms with Crippen LogP contribution in [-0.4, -0.2) is 93.8 Å². The minimum absolute atomic E-state index is 0.194. The molecule has 3 heterocycles. The Labute approximate surface area is 215 Å². The Kier molecular flexibility index (Phi) is 9.25. The second-order valence-corrected chi connectivity index (χ2v) is 10.8. The molecule has 9 nitrogen and oxygen atoms in total. The number of nitrogens with zero attached hydrogens (tertiary/aromatic N) is 5. The minimum Gasteiger partial charge on any atom is -0.475 e. The predicted molar refractivity (Wildman–Crippen MR) is 129 cm³/mol. The fraction of sp³-hybridized carbons (Fsp3) is 0.760. The molecule has 1 aromatic rings. The lowest BCUT2D eigenvalue weighted by Crippen LogP contribution is -2.48. The fourth-order valence-electron chi connectivity index (χ4n) is 6.07. The molecule has 0 aromatic carbocycles. The third-order valence-electron chi connectivity index (χ3n) is 7.76. The van der Waals surface area contributed by atoms with E-state index in [1.807, 2.05) is 38.2 Å². The van der Waals surface area contributed by atoms with Gasteiger partial charge in [-0.25, -0.2) is 4.79 Å². The number of fused-ring (bicyclic) bond motifs is 1. The average molecular weight is 530 g/mol. The molecule has 0 radical (unpaired) electrons. The number of alkyl halides is 3. The Morgan fingerprint density at radius 2 is 1.78 bits per heavy atom. The van der Waals surface area contributed by atoms with E-state index in [2.05, 4.69) is 14.9 Å². The number of carboxylic acid groups (broad SMARTS) is 1. The van der Waals surface area contributed by atoms with Crippen LogP contribution in [0.1, 0.15) is 50.5 Å². The highest BCUT2D eigenvalue weighted by molar-refractivity contribution is 5.84. The zero-order valence-electron chi connectivity index (χ0n) is 21.8. The van der Waals surface area contributed by atoms with E-state index in [1.54, 1.807) is 4.90 Å². The van der Waals surface area contributed by atoms with Gasteiger partial charge in [0, 0.05) is 77.5 Å². The first kappa shape index (κ1) is 28.9. The van der Waals surface area contributed by atoms with E-state index in [0.717, 1.165) is 58.4 Å². The number of halogens is 3. The van der Waals surface area contributed by atoms with Crippen molar-refractivity contribution in [3.63, 3.8) is 0 Å². The van der Waals surface area contributed by atoms with Gasteiger partial charge in [-0.2, -0.15) is 18.3 Å². The van der Waals surface area contributed by atoms with E-state index in [9.17, 15) is 22.8 Å². The number of rotatable bonds is 4. The van der Waals surface area contributed by atoms with Gasteiger partial charge in [0.2, 0.25) is 11.8 Å². The Morgan fingerprint density at radius 3 is 2.32 bits per heavy atom. The van der Waals surface area contributed by atoms with Gasteiger partial charge in [-0.15, -0.1) is 0 Å². The number of carbonyl (C=O) groups is 3. The molecule has 12 heteroatoms. The van der Waals surface area contributed by atoms with Crippen LogP contribution in [0.25, 0.3) is 0 Å². The summed E-state index contributed by atoms with van der Waals surface area (Å²) < 4.78 is 33.6. The van der Waals surface area contributed by atoms with Crippen LogP contribution in [0.4, 0.5) is 13.2 Å². The summed E-state index contributed by atoms with van der Waals surface area (Å²) in [5, 5.41) is 11.4. The van der Waals surface area contributed by atoms with Gasteiger partial charge in [0.1, 0.15) is 0 Å². The van der Waals surface area contributed by atoms with Crippen LogP contribution < -0.4 is 0 Å². The third-order valence-corrected chi connectivity index (χ3v) is 7.76. The molecule has 0 unspecified atom stereocenters. The highest BCUT2D eigenvalue weighted by Gasteiger charge is 2.54. The van der Waals surface area contributed by atoms with Gasteiger partial charge in [-0.05, 0) is 25.7 Å². The molecule has 2 saturated heterocycles. The van der Waals surface area contributed by atoms with E-state index in [1.165, 1.54) is 24.8 Å². The Morgan fingerprint density at radius 1 is 1.14 bits per heavy atom. The topological polar surface area (TPSA) is 99.0 Å². The average Bonchev–Trinajstić information content (AvgIpc) is 3.35. The highest BCUT2D eigenvalue weighted by Crippen LogP contribution is 2.44. The lowest BCUT2D eigenvalue weighted by Gasteiger charge is -2.35. The normalized spacial score (nSPS) is 25.0. The molecule has 1 aromatic heterocycles. The van der Waals surface area contributed by atoms with Gasteiger partial charge in [-0.1, -0.05) is 19.3 Å². The van der Waals surface area contributed by atoms with Crippen molar-refractivity contribution in [3.8, 4) is 0 Å². The first-order valence-electron chi connectivity index (χ1n) is 12.8. The first-order valence-corrected chi connectivity index (χ1v) is 12.8. The fourth-order valence-corrected chi connectivity index (χ4v) is 6.07. The van der Waals surface area contributed by atoms with E-state index in [4.69, 9.17) is 9.90 Å². The number of carboxylic acids is 1. The van der Waals surface area contributed by atoms with Crippen molar-refractivity contribution in [2.45, 2.75) is 57.7 Å². The largest absolute Gasteiger partial charge is 0.490 e. The Bertz CT molecular complexity index is 960. The molecule has 1 saturated carbocycles. The van der Waals surface area contributed by atoms with Crippen LogP contribution in [0.15, 0.2) is 12.4 Å². The van der Waals surface area contributed by atoms with Gasteiger partial charge < -0.3 is 14.9 Å². The van der Waals surface area contributed by atoms with Gasteiger partial charge in [0.15, 0.2) is 0 Å². The number of carbonyl (C=O) groups excluding carboxylic acids is 2. The molecule has 2 atom stereocenters.